The van der Waals surface area contributed by atoms with Crippen molar-refractivity contribution in [1.29, 1.82) is 0 Å². The molecule has 1 saturated carbocycles. The molecule has 0 aromatic rings. The number of rotatable bonds is 3. The van der Waals surface area contributed by atoms with E-state index in [9.17, 15) is 9.59 Å². The number of Topliss-reactive ketones (excluding diaryl/α,β-unsaturated/α-hetero) is 1. The molecular weight excluding hydrogens is 220 g/mol. The molecule has 0 heterocycles. The third-order valence-electron chi connectivity index (χ3n) is 2.92. The Labute approximate surface area is 102 Å². The Balaban J connectivity index is 2.68. The van der Waals surface area contributed by atoms with Crippen LogP contribution in [0, 0.1) is 0 Å². The van der Waals surface area contributed by atoms with E-state index in [4.69, 9.17) is 10.5 Å². The molecule has 1 aliphatic carbocycles. The lowest BCUT2D eigenvalue weighted by atomic mass is 9.92. The van der Waals surface area contributed by atoms with Crippen LogP contribution in [0.4, 0.5) is 4.79 Å². The van der Waals surface area contributed by atoms with Crippen LogP contribution in [0.5, 0.6) is 0 Å². The topological polar surface area (TPSA) is 81.4 Å². The standard InChI is InChI=1S/C12H22N2O3/c1-11(2,3)17-10(16)14-12(9(15)8-13)6-4-5-7-12/h4-8,13H2,1-3H3,(H,14,16). The van der Waals surface area contributed by atoms with Crippen molar-refractivity contribution < 1.29 is 14.3 Å². The van der Waals surface area contributed by atoms with Crippen molar-refractivity contribution >= 4 is 11.9 Å². The fraction of sp³-hybridized carbons (Fsp3) is 0.833. The lowest BCUT2D eigenvalue weighted by Crippen LogP contribution is -2.55. The normalized spacial score (nSPS) is 18.8. The van der Waals surface area contributed by atoms with Crippen LogP contribution in [0.2, 0.25) is 0 Å². The monoisotopic (exact) mass is 242 g/mol. The maximum Gasteiger partial charge on any atom is 0.408 e. The lowest BCUT2D eigenvalue weighted by molar-refractivity contribution is -0.124. The number of hydrogen-bond acceptors (Lipinski definition) is 4. The lowest BCUT2D eigenvalue weighted by Gasteiger charge is -2.30. The van der Waals surface area contributed by atoms with E-state index < -0.39 is 17.2 Å². The number of nitrogens with two attached hydrogens (primary N) is 1. The molecule has 0 radical (unpaired) electrons. The van der Waals surface area contributed by atoms with Gasteiger partial charge in [-0.25, -0.2) is 4.79 Å². The second-order valence-corrected chi connectivity index (χ2v) is 5.54. The molecule has 0 aliphatic heterocycles. The molecule has 0 bridgehead atoms. The van der Waals surface area contributed by atoms with E-state index in [0.717, 1.165) is 12.8 Å². The summed E-state index contributed by atoms with van der Waals surface area (Å²) in [4.78, 5) is 23.6. The van der Waals surface area contributed by atoms with Gasteiger partial charge in [0.05, 0.1) is 6.54 Å². The fourth-order valence-electron chi connectivity index (χ4n) is 2.15. The van der Waals surface area contributed by atoms with E-state index in [0.29, 0.717) is 12.8 Å². The molecule has 0 unspecified atom stereocenters. The zero-order valence-electron chi connectivity index (χ0n) is 10.8. The zero-order valence-corrected chi connectivity index (χ0v) is 10.8. The van der Waals surface area contributed by atoms with Gasteiger partial charge in [0, 0.05) is 0 Å². The average molecular weight is 242 g/mol. The second kappa shape index (κ2) is 5.04. The average Bonchev–Trinajstić information content (AvgIpc) is 2.63. The molecule has 0 spiro atoms. The summed E-state index contributed by atoms with van der Waals surface area (Å²) in [5.74, 6) is -0.110. The highest BCUT2D eigenvalue weighted by Crippen LogP contribution is 2.30. The molecule has 1 rings (SSSR count). The number of carbonyl (C=O) groups is 2. The highest BCUT2D eigenvalue weighted by Gasteiger charge is 2.42. The highest BCUT2D eigenvalue weighted by molar-refractivity contribution is 5.93. The zero-order chi connectivity index (χ0) is 13.1. The minimum absolute atomic E-state index is 0.0458. The largest absolute Gasteiger partial charge is 0.444 e. The third kappa shape index (κ3) is 3.70. The highest BCUT2D eigenvalue weighted by atomic mass is 16.6. The van der Waals surface area contributed by atoms with Gasteiger partial charge in [-0.2, -0.15) is 0 Å². The van der Waals surface area contributed by atoms with E-state index in [-0.39, 0.29) is 12.3 Å². The van der Waals surface area contributed by atoms with Gasteiger partial charge in [0.1, 0.15) is 11.1 Å². The van der Waals surface area contributed by atoms with Crippen molar-refractivity contribution in [3.8, 4) is 0 Å². The minimum Gasteiger partial charge on any atom is -0.444 e. The molecule has 0 aromatic heterocycles. The summed E-state index contributed by atoms with van der Waals surface area (Å²) in [6.07, 6.45) is 2.63. The molecule has 3 N–H and O–H groups in total. The van der Waals surface area contributed by atoms with Crippen LogP contribution in [0.1, 0.15) is 46.5 Å². The van der Waals surface area contributed by atoms with Crippen molar-refractivity contribution in [3.05, 3.63) is 0 Å². The molecule has 17 heavy (non-hydrogen) atoms. The van der Waals surface area contributed by atoms with Crippen LogP contribution >= 0.6 is 0 Å². The van der Waals surface area contributed by atoms with E-state index in [2.05, 4.69) is 5.32 Å². The molecule has 1 aliphatic rings. The quantitative estimate of drug-likeness (QED) is 0.782. The first kappa shape index (κ1) is 14.0. The predicted octanol–water partition coefficient (Wildman–Crippen LogP) is 1.35. The van der Waals surface area contributed by atoms with Crippen LogP contribution in [0.15, 0.2) is 0 Å². The number of hydrogen-bond donors (Lipinski definition) is 2. The Hall–Kier alpha value is -1.10. The van der Waals surface area contributed by atoms with Crippen LogP contribution in [-0.4, -0.2) is 29.6 Å². The molecular formula is C12H22N2O3. The van der Waals surface area contributed by atoms with E-state index in [1.807, 2.05) is 0 Å². The number of nitrogens with one attached hydrogen (secondary N) is 1. The Bertz CT molecular complexity index is 301. The van der Waals surface area contributed by atoms with E-state index >= 15 is 0 Å². The van der Waals surface area contributed by atoms with Gasteiger partial charge < -0.3 is 15.8 Å². The first-order chi connectivity index (χ1) is 7.79. The summed E-state index contributed by atoms with van der Waals surface area (Å²) >= 11 is 0. The molecule has 1 amide bonds. The van der Waals surface area contributed by atoms with Crippen LogP contribution in [0.3, 0.4) is 0 Å². The molecule has 5 nitrogen and oxygen atoms in total. The summed E-state index contributed by atoms with van der Waals surface area (Å²) in [6.45, 7) is 5.33. The Morgan fingerprint density at radius 1 is 1.29 bits per heavy atom. The predicted molar refractivity (Wildman–Crippen MR) is 64.6 cm³/mol. The van der Waals surface area contributed by atoms with Gasteiger partial charge in [0.15, 0.2) is 5.78 Å². The fourth-order valence-corrected chi connectivity index (χ4v) is 2.15. The van der Waals surface area contributed by atoms with Crippen molar-refractivity contribution in [2.75, 3.05) is 6.54 Å². The molecule has 0 atom stereocenters. The van der Waals surface area contributed by atoms with E-state index in [1.54, 1.807) is 20.8 Å². The van der Waals surface area contributed by atoms with Gasteiger partial charge >= 0.3 is 6.09 Å². The van der Waals surface area contributed by atoms with Gasteiger partial charge in [0.2, 0.25) is 0 Å². The number of ether oxygens (including phenoxy) is 1. The van der Waals surface area contributed by atoms with Crippen molar-refractivity contribution in [2.45, 2.75) is 57.6 Å². The van der Waals surface area contributed by atoms with Gasteiger partial charge in [-0.1, -0.05) is 12.8 Å². The second-order valence-electron chi connectivity index (χ2n) is 5.54. The molecule has 0 aromatic carbocycles. The summed E-state index contributed by atoms with van der Waals surface area (Å²) in [6, 6.07) is 0. The number of amides is 1. The third-order valence-corrected chi connectivity index (χ3v) is 2.92. The summed E-state index contributed by atoms with van der Waals surface area (Å²) in [5, 5.41) is 2.71. The van der Waals surface area contributed by atoms with Crippen molar-refractivity contribution in [1.82, 2.24) is 5.32 Å². The smallest absolute Gasteiger partial charge is 0.408 e. The maximum absolute atomic E-state index is 11.8. The van der Waals surface area contributed by atoms with Gasteiger partial charge in [-0.3, -0.25) is 4.79 Å². The molecule has 5 heteroatoms. The maximum atomic E-state index is 11.8. The summed E-state index contributed by atoms with van der Waals surface area (Å²) < 4.78 is 5.18. The van der Waals surface area contributed by atoms with Crippen molar-refractivity contribution in [2.24, 2.45) is 5.73 Å². The molecule has 0 saturated heterocycles. The molecule has 98 valence electrons. The SMILES string of the molecule is CC(C)(C)OC(=O)NC1(C(=O)CN)CCCC1. The van der Waals surface area contributed by atoms with Crippen LogP contribution in [-0.2, 0) is 9.53 Å². The Morgan fingerprint density at radius 2 is 1.82 bits per heavy atom. The Kier molecular flexibility index (Phi) is 4.14. The van der Waals surface area contributed by atoms with Gasteiger partial charge in [0.25, 0.3) is 0 Å². The van der Waals surface area contributed by atoms with Gasteiger partial charge in [-0.15, -0.1) is 0 Å². The van der Waals surface area contributed by atoms with Crippen molar-refractivity contribution in [3.63, 3.8) is 0 Å². The van der Waals surface area contributed by atoms with E-state index in [1.165, 1.54) is 0 Å². The summed E-state index contributed by atoms with van der Waals surface area (Å²) in [7, 11) is 0. The first-order valence-electron chi connectivity index (χ1n) is 6.04. The van der Waals surface area contributed by atoms with Crippen LogP contribution in [0.25, 0.3) is 0 Å². The first-order valence-corrected chi connectivity index (χ1v) is 6.04. The number of ketones is 1. The number of carbonyl (C=O) groups excluding carboxylic acids is 2. The van der Waals surface area contributed by atoms with Gasteiger partial charge in [-0.05, 0) is 33.6 Å². The number of alkyl carbamates (subject to hydrolysis) is 1. The molecule has 1 fully saturated rings. The van der Waals surface area contributed by atoms with Crippen LogP contribution < -0.4 is 11.1 Å². The summed E-state index contributed by atoms with van der Waals surface area (Å²) in [5.41, 5.74) is 4.04. The minimum atomic E-state index is -0.795. The Morgan fingerprint density at radius 3 is 2.24 bits per heavy atom.